The van der Waals surface area contributed by atoms with E-state index in [2.05, 4.69) is 18.8 Å². The van der Waals surface area contributed by atoms with Crippen LogP contribution in [0, 0.1) is 5.92 Å². The number of ether oxygens (including phenoxy) is 2. The summed E-state index contributed by atoms with van der Waals surface area (Å²) in [5.74, 6) is 1.04. The van der Waals surface area contributed by atoms with E-state index in [9.17, 15) is 4.79 Å². The molecule has 0 saturated heterocycles. The Labute approximate surface area is 91.7 Å². The predicted molar refractivity (Wildman–Crippen MR) is 60.2 cm³/mol. The first kappa shape index (κ1) is 13.9. The van der Waals surface area contributed by atoms with Gasteiger partial charge in [-0.1, -0.05) is 13.8 Å². The highest BCUT2D eigenvalue weighted by Gasteiger charge is 2.06. The van der Waals surface area contributed by atoms with Crippen molar-refractivity contribution in [3.05, 3.63) is 0 Å². The molecular formula is C11H21NO3. The summed E-state index contributed by atoms with van der Waals surface area (Å²) in [7, 11) is 0. The molecule has 4 nitrogen and oxygen atoms in total. The molecule has 0 aromatic rings. The fourth-order valence-electron chi connectivity index (χ4n) is 0.997. The lowest BCUT2D eigenvalue weighted by Gasteiger charge is -2.08. The van der Waals surface area contributed by atoms with E-state index in [-0.39, 0.29) is 0 Å². The van der Waals surface area contributed by atoms with Gasteiger partial charge in [0.15, 0.2) is 5.90 Å². The molecule has 0 aliphatic carbocycles. The molecule has 4 heteroatoms. The molecule has 0 bridgehead atoms. The van der Waals surface area contributed by atoms with Crippen LogP contribution < -0.4 is 0 Å². The number of hydrogen-bond acceptors (Lipinski definition) is 3. The molecule has 0 aromatic carbocycles. The summed E-state index contributed by atoms with van der Waals surface area (Å²) in [6.45, 7) is 8.72. The molecule has 0 aromatic heterocycles. The number of amides is 1. The second-order valence-electron chi connectivity index (χ2n) is 3.57. The molecule has 0 rings (SSSR count). The van der Waals surface area contributed by atoms with Crippen molar-refractivity contribution in [2.24, 2.45) is 10.9 Å². The summed E-state index contributed by atoms with van der Waals surface area (Å²) >= 11 is 0. The molecule has 0 aliphatic rings. The van der Waals surface area contributed by atoms with Crippen LogP contribution in [0.25, 0.3) is 0 Å². The summed E-state index contributed by atoms with van der Waals surface area (Å²) in [6, 6.07) is 0. The fourth-order valence-corrected chi connectivity index (χ4v) is 0.997. The fraction of sp³-hybridized carbons (Fsp3) is 0.818. The summed E-state index contributed by atoms with van der Waals surface area (Å²) < 4.78 is 9.98. The first-order chi connectivity index (χ1) is 7.10. The zero-order valence-electron chi connectivity index (χ0n) is 10.1. The minimum absolute atomic E-state index is 0.339. The van der Waals surface area contributed by atoms with E-state index in [4.69, 9.17) is 9.47 Å². The molecule has 0 unspecified atom stereocenters. The minimum atomic E-state index is -0.565. The second kappa shape index (κ2) is 8.26. The molecule has 0 radical (unpaired) electrons. The van der Waals surface area contributed by atoms with Crippen LogP contribution in [0.2, 0.25) is 0 Å². The Hall–Kier alpha value is -1.06. The van der Waals surface area contributed by atoms with Crippen LogP contribution in [0.15, 0.2) is 4.99 Å². The van der Waals surface area contributed by atoms with E-state index in [1.54, 1.807) is 6.92 Å². The van der Waals surface area contributed by atoms with Crippen LogP contribution in [0.1, 0.15) is 40.5 Å². The number of carbonyl (C=O) groups is 1. The highest BCUT2D eigenvalue weighted by molar-refractivity contribution is 5.87. The van der Waals surface area contributed by atoms with Gasteiger partial charge in [-0.15, -0.1) is 4.99 Å². The molecular weight excluding hydrogens is 194 g/mol. The monoisotopic (exact) mass is 215 g/mol. The molecule has 0 atom stereocenters. The Morgan fingerprint density at radius 1 is 1.20 bits per heavy atom. The molecule has 0 heterocycles. The average Bonchev–Trinajstić information content (AvgIpc) is 2.15. The van der Waals surface area contributed by atoms with Gasteiger partial charge < -0.3 is 9.47 Å². The van der Waals surface area contributed by atoms with Crippen molar-refractivity contribution in [2.75, 3.05) is 13.2 Å². The second-order valence-corrected chi connectivity index (χ2v) is 3.57. The van der Waals surface area contributed by atoms with Crippen LogP contribution in [-0.4, -0.2) is 25.2 Å². The first-order valence-corrected chi connectivity index (χ1v) is 5.47. The zero-order chi connectivity index (χ0) is 11.7. The third-order valence-electron chi connectivity index (χ3n) is 1.73. The largest absolute Gasteiger partial charge is 0.481 e. The summed E-state index contributed by atoms with van der Waals surface area (Å²) in [5.41, 5.74) is 0. The third kappa shape index (κ3) is 7.97. The van der Waals surface area contributed by atoms with Gasteiger partial charge in [-0.2, -0.15) is 0 Å². The molecule has 88 valence electrons. The maximum absolute atomic E-state index is 11.1. The molecule has 1 amide bonds. The van der Waals surface area contributed by atoms with Crippen LogP contribution in [0.3, 0.4) is 0 Å². The van der Waals surface area contributed by atoms with Gasteiger partial charge in [0.25, 0.3) is 0 Å². The Bertz CT molecular complexity index is 212. The summed E-state index contributed by atoms with van der Waals surface area (Å²) in [6.07, 6.45) is 1.08. The van der Waals surface area contributed by atoms with Crippen molar-refractivity contribution in [1.82, 2.24) is 0 Å². The Morgan fingerprint density at radius 3 is 2.27 bits per heavy atom. The van der Waals surface area contributed by atoms with Crippen LogP contribution in [0.5, 0.6) is 0 Å². The van der Waals surface area contributed by atoms with Gasteiger partial charge in [0, 0.05) is 6.42 Å². The lowest BCUT2D eigenvalue weighted by molar-refractivity contribution is 0.162. The Balaban J connectivity index is 4.17. The van der Waals surface area contributed by atoms with Gasteiger partial charge in [0.05, 0.1) is 13.2 Å². The SMILES string of the molecule is CCOC(=O)/N=C(/CCC(C)C)OCC. The van der Waals surface area contributed by atoms with E-state index in [0.717, 1.165) is 6.42 Å². The van der Waals surface area contributed by atoms with Crippen molar-refractivity contribution >= 4 is 12.0 Å². The lowest BCUT2D eigenvalue weighted by Crippen LogP contribution is -2.10. The third-order valence-corrected chi connectivity index (χ3v) is 1.73. The standard InChI is InChI=1S/C11H21NO3/c1-5-14-10(8-7-9(3)4)12-11(13)15-6-2/h9H,5-8H2,1-4H3/b12-10-. The van der Waals surface area contributed by atoms with Crippen molar-refractivity contribution in [3.8, 4) is 0 Å². The Morgan fingerprint density at radius 2 is 1.80 bits per heavy atom. The number of aliphatic imine (C=N–C) groups is 1. The number of nitrogens with zero attached hydrogens (tertiary/aromatic N) is 1. The van der Waals surface area contributed by atoms with E-state index in [0.29, 0.717) is 31.5 Å². The quantitative estimate of drug-likeness (QED) is 0.523. The highest BCUT2D eigenvalue weighted by Crippen LogP contribution is 2.06. The predicted octanol–water partition coefficient (Wildman–Crippen LogP) is 3.01. The summed E-state index contributed by atoms with van der Waals surface area (Å²) in [4.78, 5) is 14.8. The molecule has 0 N–H and O–H groups in total. The minimum Gasteiger partial charge on any atom is -0.481 e. The maximum Gasteiger partial charge on any atom is 0.436 e. The van der Waals surface area contributed by atoms with E-state index >= 15 is 0 Å². The van der Waals surface area contributed by atoms with Crippen LogP contribution >= 0.6 is 0 Å². The first-order valence-electron chi connectivity index (χ1n) is 5.47. The Kier molecular flexibility index (Phi) is 7.68. The summed E-state index contributed by atoms with van der Waals surface area (Å²) in [5, 5.41) is 0. The molecule has 15 heavy (non-hydrogen) atoms. The topological polar surface area (TPSA) is 47.9 Å². The lowest BCUT2D eigenvalue weighted by atomic mass is 10.1. The van der Waals surface area contributed by atoms with Crippen molar-refractivity contribution in [2.45, 2.75) is 40.5 Å². The molecule has 0 aliphatic heterocycles. The van der Waals surface area contributed by atoms with E-state index in [1.165, 1.54) is 0 Å². The van der Waals surface area contributed by atoms with E-state index in [1.807, 2.05) is 6.92 Å². The van der Waals surface area contributed by atoms with Crippen molar-refractivity contribution < 1.29 is 14.3 Å². The van der Waals surface area contributed by atoms with Crippen LogP contribution in [0.4, 0.5) is 4.79 Å². The molecule has 0 saturated carbocycles. The van der Waals surface area contributed by atoms with Gasteiger partial charge in [-0.25, -0.2) is 4.79 Å². The van der Waals surface area contributed by atoms with Crippen molar-refractivity contribution in [3.63, 3.8) is 0 Å². The molecule has 0 spiro atoms. The van der Waals surface area contributed by atoms with Gasteiger partial charge in [0.2, 0.25) is 0 Å². The molecule has 0 fully saturated rings. The smallest absolute Gasteiger partial charge is 0.436 e. The number of rotatable bonds is 5. The maximum atomic E-state index is 11.1. The van der Waals surface area contributed by atoms with E-state index < -0.39 is 6.09 Å². The van der Waals surface area contributed by atoms with Gasteiger partial charge in [0.1, 0.15) is 0 Å². The number of carbonyl (C=O) groups excluding carboxylic acids is 1. The normalized spacial score (nSPS) is 11.7. The zero-order valence-corrected chi connectivity index (χ0v) is 10.1. The van der Waals surface area contributed by atoms with Crippen LogP contribution in [-0.2, 0) is 9.47 Å². The average molecular weight is 215 g/mol. The van der Waals surface area contributed by atoms with Gasteiger partial charge in [-0.05, 0) is 26.2 Å². The van der Waals surface area contributed by atoms with Gasteiger partial charge in [-0.3, -0.25) is 0 Å². The van der Waals surface area contributed by atoms with Gasteiger partial charge >= 0.3 is 6.09 Å². The number of hydrogen-bond donors (Lipinski definition) is 0. The van der Waals surface area contributed by atoms with Crippen molar-refractivity contribution in [1.29, 1.82) is 0 Å². The highest BCUT2D eigenvalue weighted by atomic mass is 16.6.